The highest BCUT2D eigenvalue weighted by atomic mass is 16.5. The summed E-state index contributed by atoms with van der Waals surface area (Å²) < 4.78 is 5.08. The van der Waals surface area contributed by atoms with E-state index in [2.05, 4.69) is 24.1 Å². The van der Waals surface area contributed by atoms with Crippen LogP contribution >= 0.6 is 0 Å². The smallest absolute Gasteiger partial charge is 0.321 e. The zero-order chi connectivity index (χ0) is 15.2. The van der Waals surface area contributed by atoms with Gasteiger partial charge in [-0.2, -0.15) is 0 Å². The number of benzene rings is 1. The average Bonchev–Trinajstić information content (AvgIpc) is 2.49. The van der Waals surface area contributed by atoms with Crippen molar-refractivity contribution < 1.29 is 9.53 Å². The lowest BCUT2D eigenvalue weighted by Gasteiger charge is -2.34. The molecule has 5 heteroatoms. The molecule has 1 saturated heterocycles. The summed E-state index contributed by atoms with van der Waals surface area (Å²) in [6.45, 7) is 9.14. The summed E-state index contributed by atoms with van der Waals surface area (Å²) in [5, 5.41) is 2.98. The molecule has 2 rings (SSSR count). The number of nitrogens with zero attached hydrogens (tertiary/aromatic N) is 2. The summed E-state index contributed by atoms with van der Waals surface area (Å²) in [5.41, 5.74) is 3.29. The molecule has 0 atom stereocenters. The van der Waals surface area contributed by atoms with E-state index in [9.17, 15) is 4.79 Å². The number of rotatable bonds is 4. The number of piperazine rings is 1. The number of aryl methyl sites for hydroxylation is 2. The summed E-state index contributed by atoms with van der Waals surface area (Å²) in [6.07, 6.45) is 0. The van der Waals surface area contributed by atoms with Gasteiger partial charge in [0, 0.05) is 45.5 Å². The maximum absolute atomic E-state index is 12.3. The molecule has 1 fully saturated rings. The third-order valence-corrected chi connectivity index (χ3v) is 4.03. The van der Waals surface area contributed by atoms with Gasteiger partial charge in [0.25, 0.3) is 0 Å². The molecule has 1 aromatic rings. The SMILES string of the molecule is COCCN1CCN(C(=O)Nc2ccc(C)c(C)c2)CC1. The Bertz CT molecular complexity index is 482. The first kappa shape index (κ1) is 15.8. The topological polar surface area (TPSA) is 44.8 Å². The molecule has 21 heavy (non-hydrogen) atoms. The lowest BCUT2D eigenvalue weighted by atomic mass is 10.1. The van der Waals surface area contributed by atoms with E-state index in [1.54, 1.807) is 7.11 Å². The second-order valence-electron chi connectivity index (χ2n) is 5.55. The number of carbonyl (C=O) groups is 1. The normalized spacial score (nSPS) is 16.0. The minimum absolute atomic E-state index is 0.00959. The Morgan fingerprint density at radius 3 is 2.52 bits per heavy atom. The summed E-state index contributed by atoms with van der Waals surface area (Å²) in [4.78, 5) is 16.5. The van der Waals surface area contributed by atoms with Crippen molar-refractivity contribution in [2.75, 3.05) is 51.8 Å². The van der Waals surface area contributed by atoms with Crippen LogP contribution < -0.4 is 5.32 Å². The molecule has 1 aliphatic heterocycles. The van der Waals surface area contributed by atoms with Crippen molar-refractivity contribution in [1.29, 1.82) is 0 Å². The Balaban J connectivity index is 1.83. The minimum atomic E-state index is -0.00959. The van der Waals surface area contributed by atoms with Crippen LogP contribution in [0.5, 0.6) is 0 Å². The minimum Gasteiger partial charge on any atom is -0.383 e. The van der Waals surface area contributed by atoms with E-state index < -0.39 is 0 Å². The molecule has 0 spiro atoms. The molecule has 1 aliphatic rings. The van der Waals surface area contributed by atoms with Crippen LogP contribution in [0.1, 0.15) is 11.1 Å². The number of ether oxygens (including phenoxy) is 1. The van der Waals surface area contributed by atoms with Crippen LogP contribution in [0.2, 0.25) is 0 Å². The maximum atomic E-state index is 12.3. The molecule has 0 radical (unpaired) electrons. The first-order valence-electron chi connectivity index (χ1n) is 7.44. The zero-order valence-electron chi connectivity index (χ0n) is 13.2. The first-order valence-corrected chi connectivity index (χ1v) is 7.44. The van der Waals surface area contributed by atoms with Gasteiger partial charge < -0.3 is 15.0 Å². The molecule has 0 unspecified atom stereocenters. The van der Waals surface area contributed by atoms with Gasteiger partial charge in [0.15, 0.2) is 0 Å². The number of nitrogens with one attached hydrogen (secondary N) is 1. The molecular formula is C16H25N3O2. The van der Waals surface area contributed by atoms with Gasteiger partial charge in [-0.1, -0.05) is 6.07 Å². The number of carbonyl (C=O) groups excluding carboxylic acids is 1. The quantitative estimate of drug-likeness (QED) is 0.924. The maximum Gasteiger partial charge on any atom is 0.321 e. The molecule has 0 saturated carbocycles. The molecule has 1 N–H and O–H groups in total. The standard InChI is InChI=1S/C16H25N3O2/c1-13-4-5-15(12-14(13)2)17-16(20)19-8-6-18(7-9-19)10-11-21-3/h4-5,12H,6-11H2,1-3H3,(H,17,20). The summed E-state index contributed by atoms with van der Waals surface area (Å²) in [5.74, 6) is 0. The van der Waals surface area contributed by atoms with Crippen LogP contribution in [-0.4, -0.2) is 62.3 Å². The van der Waals surface area contributed by atoms with Crippen molar-refractivity contribution in [2.45, 2.75) is 13.8 Å². The fourth-order valence-electron chi connectivity index (χ4n) is 2.42. The molecule has 116 valence electrons. The van der Waals surface area contributed by atoms with Gasteiger partial charge in [-0.25, -0.2) is 4.79 Å². The van der Waals surface area contributed by atoms with Crippen molar-refractivity contribution in [3.63, 3.8) is 0 Å². The Hall–Kier alpha value is -1.59. The van der Waals surface area contributed by atoms with Crippen LogP contribution in [0, 0.1) is 13.8 Å². The van der Waals surface area contributed by atoms with Gasteiger partial charge in [0.05, 0.1) is 6.61 Å². The molecule has 0 aromatic heterocycles. The number of urea groups is 1. The third kappa shape index (κ3) is 4.44. The van der Waals surface area contributed by atoms with E-state index >= 15 is 0 Å². The van der Waals surface area contributed by atoms with E-state index in [0.717, 1.165) is 45.0 Å². The summed E-state index contributed by atoms with van der Waals surface area (Å²) >= 11 is 0. The molecular weight excluding hydrogens is 266 g/mol. The predicted molar refractivity (Wildman–Crippen MR) is 84.8 cm³/mol. The fourth-order valence-corrected chi connectivity index (χ4v) is 2.42. The Labute approximate surface area is 126 Å². The van der Waals surface area contributed by atoms with Crippen LogP contribution in [-0.2, 0) is 4.74 Å². The number of anilines is 1. The molecule has 5 nitrogen and oxygen atoms in total. The second kappa shape index (κ2) is 7.43. The third-order valence-electron chi connectivity index (χ3n) is 4.03. The average molecular weight is 291 g/mol. The van der Waals surface area contributed by atoms with Crippen LogP contribution in [0.25, 0.3) is 0 Å². The van der Waals surface area contributed by atoms with Crippen molar-refractivity contribution in [3.05, 3.63) is 29.3 Å². The first-order chi connectivity index (χ1) is 10.1. The van der Waals surface area contributed by atoms with Crippen molar-refractivity contribution in [2.24, 2.45) is 0 Å². The van der Waals surface area contributed by atoms with Crippen molar-refractivity contribution in [1.82, 2.24) is 9.80 Å². The van der Waals surface area contributed by atoms with Gasteiger partial charge in [-0.3, -0.25) is 4.90 Å². The van der Waals surface area contributed by atoms with Gasteiger partial charge in [0.1, 0.15) is 0 Å². The molecule has 0 bridgehead atoms. The van der Waals surface area contributed by atoms with Crippen LogP contribution in [0.4, 0.5) is 10.5 Å². The lowest BCUT2D eigenvalue weighted by Crippen LogP contribution is -2.50. The number of methoxy groups -OCH3 is 1. The van der Waals surface area contributed by atoms with Gasteiger partial charge >= 0.3 is 6.03 Å². The highest BCUT2D eigenvalue weighted by molar-refractivity contribution is 5.89. The summed E-state index contributed by atoms with van der Waals surface area (Å²) in [6, 6.07) is 6.00. The molecule has 0 aliphatic carbocycles. The number of amides is 2. The van der Waals surface area contributed by atoms with E-state index in [1.807, 2.05) is 23.1 Å². The van der Waals surface area contributed by atoms with E-state index in [0.29, 0.717) is 0 Å². The van der Waals surface area contributed by atoms with E-state index in [1.165, 1.54) is 11.1 Å². The Kier molecular flexibility index (Phi) is 5.59. The van der Waals surface area contributed by atoms with Gasteiger partial charge in [-0.05, 0) is 37.1 Å². The molecule has 2 amide bonds. The van der Waals surface area contributed by atoms with E-state index in [4.69, 9.17) is 4.74 Å². The largest absolute Gasteiger partial charge is 0.383 e. The fraction of sp³-hybridized carbons (Fsp3) is 0.562. The highest BCUT2D eigenvalue weighted by Crippen LogP contribution is 2.15. The second-order valence-corrected chi connectivity index (χ2v) is 5.55. The number of hydrogen-bond donors (Lipinski definition) is 1. The molecule has 1 aromatic carbocycles. The van der Waals surface area contributed by atoms with Gasteiger partial charge in [0.2, 0.25) is 0 Å². The molecule has 1 heterocycles. The Morgan fingerprint density at radius 1 is 1.19 bits per heavy atom. The van der Waals surface area contributed by atoms with Crippen molar-refractivity contribution in [3.8, 4) is 0 Å². The van der Waals surface area contributed by atoms with Crippen LogP contribution in [0.3, 0.4) is 0 Å². The zero-order valence-corrected chi connectivity index (χ0v) is 13.2. The van der Waals surface area contributed by atoms with Crippen LogP contribution in [0.15, 0.2) is 18.2 Å². The number of hydrogen-bond acceptors (Lipinski definition) is 3. The van der Waals surface area contributed by atoms with Gasteiger partial charge in [-0.15, -0.1) is 0 Å². The Morgan fingerprint density at radius 2 is 1.90 bits per heavy atom. The summed E-state index contributed by atoms with van der Waals surface area (Å²) in [7, 11) is 1.72. The monoisotopic (exact) mass is 291 g/mol. The highest BCUT2D eigenvalue weighted by Gasteiger charge is 2.20. The lowest BCUT2D eigenvalue weighted by molar-refractivity contribution is 0.109. The van der Waals surface area contributed by atoms with Crippen molar-refractivity contribution >= 4 is 11.7 Å². The predicted octanol–water partition coefficient (Wildman–Crippen LogP) is 2.10. The van der Waals surface area contributed by atoms with E-state index in [-0.39, 0.29) is 6.03 Å².